The van der Waals surface area contributed by atoms with Gasteiger partial charge in [-0.2, -0.15) is 4.98 Å². The lowest BCUT2D eigenvalue weighted by atomic mass is 10.1. The summed E-state index contributed by atoms with van der Waals surface area (Å²) in [6, 6.07) is 14.9. The number of hydrogen-bond donors (Lipinski definition) is 1. The fraction of sp³-hybridized carbons (Fsp3) is 0.105. The van der Waals surface area contributed by atoms with Crippen molar-refractivity contribution >= 4 is 40.2 Å². The number of aromatic nitrogens is 5. The molecular formula is C19H15ClN6O2. The molecule has 0 unspecified atom stereocenters. The molecule has 8 nitrogen and oxygen atoms in total. The zero-order valence-corrected chi connectivity index (χ0v) is 15.6. The maximum Gasteiger partial charge on any atom is 0.309 e. The SMILES string of the molecule is COC(=O)Cc1cccc(Nc2ncnc(-n3c(Cl)nc4ccccc43)n2)c1. The number of imidazole rings is 1. The van der Waals surface area contributed by atoms with E-state index >= 15 is 0 Å². The average molecular weight is 395 g/mol. The van der Waals surface area contributed by atoms with Crippen LogP contribution in [-0.2, 0) is 16.0 Å². The minimum absolute atomic E-state index is 0.186. The van der Waals surface area contributed by atoms with E-state index < -0.39 is 0 Å². The van der Waals surface area contributed by atoms with Crippen LogP contribution >= 0.6 is 11.6 Å². The number of fused-ring (bicyclic) bond motifs is 1. The number of nitrogens with zero attached hydrogens (tertiary/aromatic N) is 5. The molecule has 9 heteroatoms. The van der Waals surface area contributed by atoms with Crippen LogP contribution in [0, 0.1) is 0 Å². The molecule has 0 aliphatic rings. The van der Waals surface area contributed by atoms with Crippen LogP contribution in [0.25, 0.3) is 17.0 Å². The van der Waals surface area contributed by atoms with Crippen LogP contribution in [0.1, 0.15) is 5.56 Å². The Morgan fingerprint density at radius 2 is 2.00 bits per heavy atom. The van der Waals surface area contributed by atoms with Gasteiger partial charge in [0.25, 0.3) is 0 Å². The van der Waals surface area contributed by atoms with Crippen LogP contribution in [-0.4, -0.2) is 37.6 Å². The summed E-state index contributed by atoms with van der Waals surface area (Å²) in [6.07, 6.45) is 1.58. The number of esters is 1. The summed E-state index contributed by atoms with van der Waals surface area (Å²) < 4.78 is 6.35. The van der Waals surface area contributed by atoms with Crippen molar-refractivity contribution in [1.82, 2.24) is 24.5 Å². The second kappa shape index (κ2) is 7.61. The monoisotopic (exact) mass is 394 g/mol. The number of hydrogen-bond acceptors (Lipinski definition) is 7. The third-order valence-electron chi connectivity index (χ3n) is 4.04. The minimum atomic E-state index is -0.304. The van der Waals surface area contributed by atoms with Crippen molar-refractivity contribution in [1.29, 1.82) is 0 Å². The molecule has 0 saturated carbocycles. The number of benzene rings is 2. The van der Waals surface area contributed by atoms with Crippen molar-refractivity contribution in [3.63, 3.8) is 0 Å². The fourth-order valence-electron chi connectivity index (χ4n) is 2.77. The van der Waals surface area contributed by atoms with Gasteiger partial charge in [0, 0.05) is 5.69 Å². The number of carbonyl (C=O) groups excluding carboxylic acids is 1. The second-order valence-corrected chi connectivity index (χ2v) is 6.23. The first-order valence-electron chi connectivity index (χ1n) is 8.39. The normalized spacial score (nSPS) is 10.8. The molecular weight excluding hydrogens is 380 g/mol. The van der Waals surface area contributed by atoms with Crippen molar-refractivity contribution in [3.8, 4) is 5.95 Å². The van der Waals surface area contributed by atoms with Crippen molar-refractivity contribution in [2.24, 2.45) is 0 Å². The Morgan fingerprint density at radius 1 is 1.14 bits per heavy atom. The van der Waals surface area contributed by atoms with Gasteiger partial charge in [-0.05, 0) is 41.4 Å². The molecule has 2 aromatic carbocycles. The molecule has 2 heterocycles. The molecule has 0 fully saturated rings. The summed E-state index contributed by atoms with van der Waals surface area (Å²) in [7, 11) is 1.36. The number of anilines is 2. The van der Waals surface area contributed by atoms with Gasteiger partial charge in [-0.15, -0.1) is 0 Å². The average Bonchev–Trinajstić information content (AvgIpc) is 3.04. The molecule has 2 aromatic heterocycles. The largest absolute Gasteiger partial charge is 0.469 e. The summed E-state index contributed by atoms with van der Waals surface area (Å²) >= 11 is 6.28. The predicted molar refractivity (Wildman–Crippen MR) is 105 cm³/mol. The number of carbonyl (C=O) groups is 1. The summed E-state index contributed by atoms with van der Waals surface area (Å²) in [5.41, 5.74) is 3.09. The standard InChI is InChI=1S/C19H15ClN6O2/c1-28-16(27)10-12-5-4-6-13(9-12)23-18-21-11-22-19(25-18)26-15-8-3-2-7-14(15)24-17(26)20/h2-9,11H,10H2,1H3,(H,21,22,23,25). The van der Waals surface area contributed by atoms with Gasteiger partial charge >= 0.3 is 5.97 Å². The van der Waals surface area contributed by atoms with E-state index in [4.69, 9.17) is 16.3 Å². The molecule has 0 atom stereocenters. The second-order valence-electron chi connectivity index (χ2n) is 5.89. The fourth-order valence-corrected chi connectivity index (χ4v) is 3.03. The van der Waals surface area contributed by atoms with Crippen LogP contribution < -0.4 is 5.32 Å². The third kappa shape index (κ3) is 3.63. The molecule has 0 bridgehead atoms. The summed E-state index contributed by atoms with van der Waals surface area (Å²) in [5, 5.41) is 3.38. The van der Waals surface area contributed by atoms with Gasteiger partial charge in [0.15, 0.2) is 0 Å². The number of halogens is 1. The highest BCUT2D eigenvalue weighted by Crippen LogP contribution is 2.23. The Hall–Kier alpha value is -3.52. The highest BCUT2D eigenvalue weighted by Gasteiger charge is 2.13. The van der Waals surface area contributed by atoms with E-state index in [1.54, 1.807) is 4.57 Å². The minimum Gasteiger partial charge on any atom is -0.469 e. The van der Waals surface area contributed by atoms with Crippen LogP contribution in [0.4, 0.5) is 11.6 Å². The van der Waals surface area contributed by atoms with Crippen molar-refractivity contribution < 1.29 is 9.53 Å². The number of nitrogens with one attached hydrogen (secondary N) is 1. The topological polar surface area (TPSA) is 94.8 Å². The molecule has 0 amide bonds. The first kappa shape index (κ1) is 17.9. The lowest BCUT2D eigenvalue weighted by molar-refractivity contribution is -0.139. The summed E-state index contributed by atoms with van der Waals surface area (Å²) in [6.45, 7) is 0. The summed E-state index contributed by atoms with van der Waals surface area (Å²) in [4.78, 5) is 28.6. The number of para-hydroxylation sites is 2. The van der Waals surface area contributed by atoms with E-state index in [9.17, 15) is 4.79 Å². The molecule has 1 N–H and O–H groups in total. The molecule has 140 valence electrons. The van der Waals surface area contributed by atoms with Gasteiger partial charge in [0.1, 0.15) is 6.33 Å². The Kier molecular flexibility index (Phi) is 4.86. The predicted octanol–water partition coefficient (Wildman–Crippen LogP) is 3.32. The van der Waals surface area contributed by atoms with E-state index in [2.05, 4.69) is 25.3 Å². The van der Waals surface area contributed by atoms with Crippen LogP contribution in [0.2, 0.25) is 5.28 Å². The first-order valence-corrected chi connectivity index (χ1v) is 8.77. The number of rotatable bonds is 5. The lowest BCUT2D eigenvalue weighted by Crippen LogP contribution is -2.07. The highest BCUT2D eigenvalue weighted by atomic mass is 35.5. The smallest absolute Gasteiger partial charge is 0.309 e. The summed E-state index contributed by atoms with van der Waals surface area (Å²) in [5.74, 6) is 0.386. The zero-order valence-electron chi connectivity index (χ0n) is 14.8. The Bertz CT molecular complexity index is 1160. The van der Waals surface area contributed by atoms with Crippen molar-refractivity contribution in [2.45, 2.75) is 6.42 Å². The Labute approximate surface area is 165 Å². The number of methoxy groups -OCH3 is 1. The molecule has 4 aromatic rings. The van der Waals surface area contributed by atoms with E-state index in [1.165, 1.54) is 13.4 Å². The van der Waals surface area contributed by atoms with Crippen LogP contribution in [0.5, 0.6) is 0 Å². The Balaban J connectivity index is 1.64. The van der Waals surface area contributed by atoms with Crippen LogP contribution in [0.15, 0.2) is 54.9 Å². The quantitative estimate of drug-likeness (QED) is 0.519. The molecule has 0 aliphatic heterocycles. The molecule has 0 radical (unpaired) electrons. The van der Waals surface area contributed by atoms with Crippen LogP contribution in [0.3, 0.4) is 0 Å². The van der Waals surface area contributed by atoms with Gasteiger partial charge < -0.3 is 10.1 Å². The molecule has 28 heavy (non-hydrogen) atoms. The van der Waals surface area contributed by atoms with Gasteiger partial charge in [0.2, 0.25) is 17.2 Å². The molecule has 4 rings (SSSR count). The van der Waals surface area contributed by atoms with Crippen molar-refractivity contribution in [2.75, 3.05) is 12.4 Å². The van der Waals surface area contributed by atoms with Crippen molar-refractivity contribution in [3.05, 3.63) is 65.7 Å². The first-order chi connectivity index (χ1) is 13.6. The van der Waals surface area contributed by atoms with E-state index in [0.29, 0.717) is 11.9 Å². The molecule has 0 aliphatic carbocycles. The Morgan fingerprint density at radius 3 is 2.86 bits per heavy atom. The van der Waals surface area contributed by atoms with E-state index in [1.807, 2.05) is 48.5 Å². The molecule has 0 spiro atoms. The third-order valence-corrected chi connectivity index (χ3v) is 4.29. The van der Waals surface area contributed by atoms with E-state index in [0.717, 1.165) is 22.3 Å². The van der Waals surface area contributed by atoms with Gasteiger partial charge in [0.05, 0.1) is 24.6 Å². The van der Waals surface area contributed by atoms with Gasteiger partial charge in [-0.3, -0.25) is 9.36 Å². The van der Waals surface area contributed by atoms with Gasteiger partial charge in [-0.25, -0.2) is 15.0 Å². The highest BCUT2D eigenvalue weighted by molar-refractivity contribution is 6.29. The number of ether oxygens (including phenoxy) is 1. The molecule has 0 saturated heterocycles. The van der Waals surface area contributed by atoms with Gasteiger partial charge in [-0.1, -0.05) is 24.3 Å². The zero-order chi connectivity index (χ0) is 19.5. The maximum absolute atomic E-state index is 11.5. The maximum atomic E-state index is 11.5. The lowest BCUT2D eigenvalue weighted by Gasteiger charge is -2.08. The van der Waals surface area contributed by atoms with E-state index in [-0.39, 0.29) is 17.7 Å².